The summed E-state index contributed by atoms with van der Waals surface area (Å²) in [5.41, 5.74) is 6.75. The van der Waals surface area contributed by atoms with Crippen LogP contribution in [0.3, 0.4) is 0 Å². The first-order valence-corrected chi connectivity index (χ1v) is 6.84. The summed E-state index contributed by atoms with van der Waals surface area (Å²) in [6.07, 6.45) is 1.47. The predicted octanol–water partition coefficient (Wildman–Crippen LogP) is 3.01. The standard InChI is InChI=1S/C13H20BrN3O/c1-3-10(8-13(15)17-18)16-9(2)11-6-4-5-7-12(11)14/h4-7,9-10,16,18H,3,8H2,1-2H3,(H2,15,17)/t9-,10?/m0/s1. The van der Waals surface area contributed by atoms with E-state index in [-0.39, 0.29) is 17.9 Å². The first-order chi connectivity index (χ1) is 8.58. The maximum absolute atomic E-state index is 8.60. The minimum Gasteiger partial charge on any atom is -0.409 e. The number of nitrogens with zero attached hydrogens (tertiary/aromatic N) is 1. The second-order valence-electron chi connectivity index (χ2n) is 4.31. The van der Waals surface area contributed by atoms with Gasteiger partial charge in [0.1, 0.15) is 5.84 Å². The summed E-state index contributed by atoms with van der Waals surface area (Å²) < 4.78 is 1.09. The van der Waals surface area contributed by atoms with Gasteiger partial charge in [0.2, 0.25) is 0 Å². The summed E-state index contributed by atoms with van der Waals surface area (Å²) in [7, 11) is 0. The molecule has 5 heteroatoms. The molecule has 0 amide bonds. The van der Waals surface area contributed by atoms with E-state index in [1.54, 1.807) is 0 Å². The molecule has 0 aliphatic carbocycles. The van der Waals surface area contributed by atoms with Gasteiger partial charge in [-0.25, -0.2) is 0 Å². The second kappa shape index (κ2) is 7.38. The Morgan fingerprint density at radius 1 is 1.50 bits per heavy atom. The van der Waals surface area contributed by atoms with Crippen molar-refractivity contribution < 1.29 is 5.21 Å². The Morgan fingerprint density at radius 3 is 2.72 bits per heavy atom. The Kier molecular flexibility index (Phi) is 6.15. The lowest BCUT2D eigenvalue weighted by Crippen LogP contribution is -2.35. The van der Waals surface area contributed by atoms with E-state index in [0.29, 0.717) is 6.42 Å². The van der Waals surface area contributed by atoms with Crippen molar-refractivity contribution in [3.05, 3.63) is 34.3 Å². The summed E-state index contributed by atoms with van der Waals surface area (Å²) in [5, 5.41) is 15.1. The van der Waals surface area contributed by atoms with Gasteiger partial charge in [-0.3, -0.25) is 0 Å². The zero-order chi connectivity index (χ0) is 13.5. The lowest BCUT2D eigenvalue weighted by atomic mass is 10.0. The van der Waals surface area contributed by atoms with E-state index in [4.69, 9.17) is 10.9 Å². The largest absolute Gasteiger partial charge is 0.409 e. The third kappa shape index (κ3) is 4.31. The first-order valence-electron chi connectivity index (χ1n) is 6.05. The number of hydrogen-bond acceptors (Lipinski definition) is 3. The Hall–Kier alpha value is -1.07. The van der Waals surface area contributed by atoms with Crippen molar-refractivity contribution in [1.29, 1.82) is 0 Å². The third-order valence-corrected chi connectivity index (χ3v) is 3.66. The third-order valence-electron chi connectivity index (χ3n) is 2.93. The van der Waals surface area contributed by atoms with Crippen LogP contribution < -0.4 is 11.1 Å². The molecule has 100 valence electrons. The highest BCUT2D eigenvalue weighted by Gasteiger charge is 2.14. The van der Waals surface area contributed by atoms with Crippen LogP contribution in [0.1, 0.15) is 38.3 Å². The average molecular weight is 314 g/mol. The summed E-state index contributed by atoms with van der Waals surface area (Å²) in [4.78, 5) is 0. The van der Waals surface area contributed by atoms with Crippen LogP contribution in [0.2, 0.25) is 0 Å². The number of rotatable bonds is 6. The van der Waals surface area contributed by atoms with Crippen LogP contribution in [-0.2, 0) is 0 Å². The number of amidine groups is 1. The molecular weight excluding hydrogens is 294 g/mol. The monoisotopic (exact) mass is 313 g/mol. The molecule has 4 N–H and O–H groups in total. The van der Waals surface area contributed by atoms with Gasteiger partial charge in [0.05, 0.1) is 0 Å². The van der Waals surface area contributed by atoms with Crippen LogP contribution in [0.5, 0.6) is 0 Å². The normalized spacial score (nSPS) is 15.4. The van der Waals surface area contributed by atoms with Gasteiger partial charge >= 0.3 is 0 Å². The Morgan fingerprint density at radius 2 is 2.17 bits per heavy atom. The maximum Gasteiger partial charge on any atom is 0.140 e. The van der Waals surface area contributed by atoms with Gasteiger partial charge in [-0.15, -0.1) is 0 Å². The molecule has 0 spiro atoms. The molecule has 0 saturated heterocycles. The van der Waals surface area contributed by atoms with Gasteiger partial charge in [-0.2, -0.15) is 0 Å². The van der Waals surface area contributed by atoms with E-state index in [1.165, 1.54) is 5.56 Å². The van der Waals surface area contributed by atoms with Gasteiger partial charge in [0.25, 0.3) is 0 Å². The molecule has 0 bridgehead atoms. The van der Waals surface area contributed by atoms with Crippen LogP contribution in [0.4, 0.5) is 0 Å². The van der Waals surface area contributed by atoms with Gasteiger partial charge in [-0.1, -0.05) is 46.2 Å². The Bertz CT molecular complexity index is 409. The van der Waals surface area contributed by atoms with Gasteiger partial charge in [0, 0.05) is 23.0 Å². The molecule has 0 aromatic heterocycles. The molecule has 2 atom stereocenters. The predicted molar refractivity (Wildman–Crippen MR) is 77.8 cm³/mol. The number of hydrogen-bond donors (Lipinski definition) is 3. The van der Waals surface area contributed by atoms with Gasteiger partial charge < -0.3 is 16.3 Å². The molecule has 0 aliphatic heterocycles. The number of nitrogens with one attached hydrogen (secondary N) is 1. The SMILES string of the molecule is CCC(C/C(N)=N/O)N[C@@H](C)c1ccccc1Br. The average Bonchev–Trinajstić information content (AvgIpc) is 2.38. The van der Waals surface area contributed by atoms with Crippen molar-refractivity contribution in [2.24, 2.45) is 10.9 Å². The maximum atomic E-state index is 8.60. The first kappa shape index (κ1) is 15.0. The lowest BCUT2D eigenvalue weighted by Gasteiger charge is -2.23. The van der Waals surface area contributed by atoms with Crippen molar-refractivity contribution in [2.75, 3.05) is 0 Å². The molecule has 0 aliphatic rings. The summed E-state index contributed by atoms with van der Waals surface area (Å²) >= 11 is 3.54. The topological polar surface area (TPSA) is 70.6 Å². The zero-order valence-electron chi connectivity index (χ0n) is 10.7. The molecular formula is C13H20BrN3O. The van der Waals surface area contributed by atoms with Crippen LogP contribution in [0.25, 0.3) is 0 Å². The van der Waals surface area contributed by atoms with E-state index >= 15 is 0 Å². The molecule has 0 fully saturated rings. The van der Waals surface area contributed by atoms with Gasteiger partial charge in [0.15, 0.2) is 0 Å². The minimum atomic E-state index is 0.197. The van der Waals surface area contributed by atoms with Crippen molar-refractivity contribution in [3.8, 4) is 0 Å². The molecule has 1 aromatic carbocycles. The molecule has 0 saturated carbocycles. The molecule has 18 heavy (non-hydrogen) atoms. The molecule has 4 nitrogen and oxygen atoms in total. The van der Waals surface area contributed by atoms with Gasteiger partial charge in [-0.05, 0) is 25.0 Å². The zero-order valence-corrected chi connectivity index (χ0v) is 12.3. The fourth-order valence-corrected chi connectivity index (χ4v) is 2.51. The number of nitrogens with two attached hydrogens (primary N) is 1. The highest BCUT2D eigenvalue weighted by Crippen LogP contribution is 2.23. The molecule has 0 heterocycles. The van der Waals surface area contributed by atoms with Crippen LogP contribution in [0, 0.1) is 0 Å². The van der Waals surface area contributed by atoms with Crippen molar-refractivity contribution >= 4 is 21.8 Å². The van der Waals surface area contributed by atoms with E-state index in [2.05, 4.69) is 46.3 Å². The van der Waals surface area contributed by atoms with E-state index in [0.717, 1.165) is 10.9 Å². The highest BCUT2D eigenvalue weighted by atomic mass is 79.9. The van der Waals surface area contributed by atoms with Crippen molar-refractivity contribution in [2.45, 2.75) is 38.8 Å². The van der Waals surface area contributed by atoms with Crippen LogP contribution >= 0.6 is 15.9 Å². The smallest absolute Gasteiger partial charge is 0.140 e. The Labute approximate surface area is 116 Å². The number of halogens is 1. The number of benzene rings is 1. The second-order valence-corrected chi connectivity index (χ2v) is 5.16. The molecule has 0 radical (unpaired) electrons. The number of oxime groups is 1. The molecule has 1 unspecified atom stereocenters. The van der Waals surface area contributed by atoms with Crippen molar-refractivity contribution in [1.82, 2.24) is 5.32 Å². The summed E-state index contributed by atoms with van der Waals surface area (Å²) in [6.45, 7) is 4.18. The Balaban J connectivity index is 2.68. The summed E-state index contributed by atoms with van der Waals surface area (Å²) in [6, 6.07) is 8.52. The molecule has 1 aromatic rings. The quantitative estimate of drug-likeness (QED) is 0.327. The molecule has 1 rings (SSSR count). The van der Waals surface area contributed by atoms with Crippen LogP contribution in [-0.4, -0.2) is 17.1 Å². The van der Waals surface area contributed by atoms with E-state index < -0.39 is 0 Å². The summed E-state index contributed by atoms with van der Waals surface area (Å²) in [5.74, 6) is 0.258. The van der Waals surface area contributed by atoms with Crippen LogP contribution in [0.15, 0.2) is 33.9 Å². The van der Waals surface area contributed by atoms with E-state index in [1.807, 2.05) is 18.2 Å². The van der Waals surface area contributed by atoms with Crippen molar-refractivity contribution in [3.63, 3.8) is 0 Å². The lowest BCUT2D eigenvalue weighted by molar-refractivity contribution is 0.314. The highest BCUT2D eigenvalue weighted by molar-refractivity contribution is 9.10. The minimum absolute atomic E-state index is 0.197. The van der Waals surface area contributed by atoms with E-state index in [9.17, 15) is 0 Å². The fourth-order valence-electron chi connectivity index (χ4n) is 1.88. The fraction of sp³-hybridized carbons (Fsp3) is 0.462.